The third-order valence-electron chi connectivity index (χ3n) is 4.73. The maximum Gasteiger partial charge on any atom is 0.343 e. The van der Waals surface area contributed by atoms with E-state index in [-0.39, 0.29) is 17.8 Å². The van der Waals surface area contributed by atoms with Gasteiger partial charge in [0.25, 0.3) is 0 Å². The molecule has 152 valence electrons. The first-order valence-electron chi connectivity index (χ1n) is 9.47. The van der Waals surface area contributed by atoms with Crippen LogP contribution in [-0.4, -0.2) is 25.3 Å². The molecule has 3 rings (SSSR count). The molecule has 2 aromatic carbocycles. The van der Waals surface area contributed by atoms with E-state index in [1.165, 1.54) is 18.2 Å². The van der Waals surface area contributed by atoms with E-state index in [0.717, 1.165) is 37.0 Å². The number of hydrogen-bond donors (Lipinski definition) is 0. The summed E-state index contributed by atoms with van der Waals surface area (Å²) in [6, 6.07) is 10.1. The van der Waals surface area contributed by atoms with Crippen LogP contribution >= 0.6 is 0 Å². The monoisotopic (exact) mass is 401 g/mol. The average molecular weight is 401 g/mol. The number of hydrogen-bond acceptors (Lipinski definition) is 5. The Bertz CT molecular complexity index is 900. The zero-order valence-electron chi connectivity index (χ0n) is 16.0. The fourth-order valence-electron chi connectivity index (χ4n) is 3.02. The molecule has 0 aliphatic carbocycles. The van der Waals surface area contributed by atoms with Crippen molar-refractivity contribution in [1.29, 1.82) is 5.26 Å². The predicted octanol–water partition coefficient (Wildman–Crippen LogP) is 4.70. The minimum absolute atomic E-state index is 0.114. The Kier molecular flexibility index (Phi) is 6.91. The van der Waals surface area contributed by atoms with Crippen molar-refractivity contribution in [2.45, 2.75) is 38.4 Å². The number of ether oxygens (including phenoxy) is 3. The van der Waals surface area contributed by atoms with Crippen molar-refractivity contribution in [1.82, 2.24) is 0 Å². The van der Waals surface area contributed by atoms with Crippen molar-refractivity contribution in [2.75, 3.05) is 13.2 Å². The first-order chi connectivity index (χ1) is 14.0. The van der Waals surface area contributed by atoms with Crippen LogP contribution in [0, 0.1) is 23.0 Å². The van der Waals surface area contributed by atoms with Gasteiger partial charge in [0.1, 0.15) is 12.2 Å². The highest BCUT2D eigenvalue weighted by Crippen LogP contribution is 2.26. The number of halogens is 2. The summed E-state index contributed by atoms with van der Waals surface area (Å²) >= 11 is 0. The highest BCUT2D eigenvalue weighted by Gasteiger charge is 2.24. The number of benzene rings is 2. The lowest BCUT2D eigenvalue weighted by molar-refractivity contribution is -0.137. The number of rotatable bonds is 6. The lowest BCUT2D eigenvalue weighted by Crippen LogP contribution is -2.31. The van der Waals surface area contributed by atoms with E-state index in [9.17, 15) is 13.6 Å². The van der Waals surface area contributed by atoms with Gasteiger partial charge in [-0.2, -0.15) is 9.65 Å². The Morgan fingerprint density at radius 1 is 1.14 bits per heavy atom. The summed E-state index contributed by atoms with van der Waals surface area (Å²) in [5.41, 5.74) is 0.569. The molecule has 2 aromatic rings. The van der Waals surface area contributed by atoms with Crippen molar-refractivity contribution in [3.63, 3.8) is 0 Å². The second-order valence-corrected chi connectivity index (χ2v) is 6.78. The molecule has 0 N–H and O–H groups in total. The summed E-state index contributed by atoms with van der Waals surface area (Å²) in [5, 5.41) is 8.70. The Morgan fingerprint density at radius 2 is 1.90 bits per heavy atom. The van der Waals surface area contributed by atoms with Gasteiger partial charge in [0.05, 0.1) is 30.4 Å². The van der Waals surface area contributed by atoms with Gasteiger partial charge in [-0.15, -0.1) is 0 Å². The molecule has 1 fully saturated rings. The number of nitriles is 1. The van der Waals surface area contributed by atoms with Gasteiger partial charge in [0, 0.05) is 0 Å². The van der Waals surface area contributed by atoms with E-state index < -0.39 is 28.9 Å². The highest BCUT2D eigenvalue weighted by atomic mass is 19.2. The van der Waals surface area contributed by atoms with E-state index in [1.807, 2.05) is 0 Å². The molecule has 1 saturated heterocycles. The SMILES string of the molecule is CCCCC1COC(c2ccc(C(=O)Oc3ccc(C#N)c(F)c3F)cc2)CO1. The molecule has 0 amide bonds. The molecular formula is C22H21F2NO4. The van der Waals surface area contributed by atoms with E-state index in [0.29, 0.717) is 13.2 Å². The molecule has 0 aromatic heterocycles. The van der Waals surface area contributed by atoms with Gasteiger partial charge in [-0.25, -0.2) is 9.18 Å². The maximum absolute atomic E-state index is 13.9. The van der Waals surface area contributed by atoms with Gasteiger partial charge < -0.3 is 14.2 Å². The third kappa shape index (κ3) is 4.97. The summed E-state index contributed by atoms with van der Waals surface area (Å²) in [6.07, 6.45) is 3.07. The van der Waals surface area contributed by atoms with E-state index in [4.69, 9.17) is 19.5 Å². The third-order valence-corrected chi connectivity index (χ3v) is 4.73. The van der Waals surface area contributed by atoms with Crippen molar-refractivity contribution >= 4 is 5.97 Å². The van der Waals surface area contributed by atoms with Crippen molar-refractivity contribution < 1.29 is 27.8 Å². The first kappa shape index (κ1) is 20.9. The fourth-order valence-corrected chi connectivity index (χ4v) is 3.02. The standard InChI is InChI=1S/C22H21F2NO4/c1-2-3-4-17-12-28-19(13-27-17)14-5-7-15(8-6-14)22(26)29-18-10-9-16(11-25)20(23)21(18)24/h5-10,17,19H,2-4,12-13H2,1H3. The number of nitrogens with zero attached hydrogens (tertiary/aromatic N) is 1. The molecule has 29 heavy (non-hydrogen) atoms. The quantitative estimate of drug-likeness (QED) is 0.518. The highest BCUT2D eigenvalue weighted by molar-refractivity contribution is 5.91. The lowest BCUT2D eigenvalue weighted by Gasteiger charge is -2.29. The molecule has 2 atom stereocenters. The second-order valence-electron chi connectivity index (χ2n) is 6.78. The van der Waals surface area contributed by atoms with E-state index >= 15 is 0 Å². The van der Waals surface area contributed by atoms with Gasteiger partial charge in [0.2, 0.25) is 5.82 Å². The van der Waals surface area contributed by atoms with Crippen molar-refractivity contribution in [3.8, 4) is 11.8 Å². The molecule has 1 heterocycles. The molecule has 7 heteroatoms. The minimum atomic E-state index is -1.38. The molecule has 1 aliphatic heterocycles. The Hall–Kier alpha value is -2.82. The number of unbranched alkanes of at least 4 members (excludes halogenated alkanes) is 1. The average Bonchev–Trinajstić information content (AvgIpc) is 2.76. The maximum atomic E-state index is 13.9. The van der Waals surface area contributed by atoms with Gasteiger partial charge in [-0.3, -0.25) is 0 Å². The van der Waals surface area contributed by atoms with E-state index in [1.54, 1.807) is 12.1 Å². The van der Waals surface area contributed by atoms with Crippen LogP contribution < -0.4 is 4.74 Å². The van der Waals surface area contributed by atoms with Crippen molar-refractivity contribution in [2.24, 2.45) is 0 Å². The lowest BCUT2D eigenvalue weighted by atomic mass is 10.1. The summed E-state index contributed by atoms with van der Waals surface area (Å²) in [7, 11) is 0. The smallest absolute Gasteiger partial charge is 0.343 e. The largest absolute Gasteiger partial charge is 0.420 e. The molecule has 0 radical (unpaired) electrons. The summed E-state index contributed by atoms with van der Waals surface area (Å²) in [6.45, 7) is 3.09. The van der Waals surface area contributed by atoms with Crippen molar-refractivity contribution in [3.05, 3.63) is 64.7 Å². The zero-order valence-corrected chi connectivity index (χ0v) is 16.0. The van der Waals surface area contributed by atoms with Crippen LogP contribution in [0.2, 0.25) is 0 Å². The second kappa shape index (κ2) is 9.59. The molecule has 1 aliphatic rings. The van der Waals surface area contributed by atoms with Crippen LogP contribution in [0.4, 0.5) is 8.78 Å². The molecular weight excluding hydrogens is 380 g/mol. The summed E-state index contributed by atoms with van der Waals surface area (Å²) < 4.78 is 44.2. The topological polar surface area (TPSA) is 68.5 Å². The summed E-state index contributed by atoms with van der Waals surface area (Å²) in [5.74, 6) is -4.13. The van der Waals surface area contributed by atoms with Gasteiger partial charge in [0.15, 0.2) is 11.6 Å². The number of carbonyl (C=O) groups is 1. The summed E-state index contributed by atoms with van der Waals surface area (Å²) in [4.78, 5) is 12.2. The van der Waals surface area contributed by atoms with Crippen LogP contribution in [0.3, 0.4) is 0 Å². The Morgan fingerprint density at radius 3 is 2.52 bits per heavy atom. The fraction of sp³-hybridized carbons (Fsp3) is 0.364. The molecule has 0 saturated carbocycles. The normalized spacial score (nSPS) is 18.8. The van der Waals surface area contributed by atoms with Crippen LogP contribution in [0.25, 0.3) is 0 Å². The first-order valence-corrected chi connectivity index (χ1v) is 9.47. The molecule has 5 nitrogen and oxygen atoms in total. The number of carbonyl (C=O) groups excluding carboxylic acids is 1. The molecule has 0 bridgehead atoms. The molecule has 0 spiro atoms. The van der Waals surface area contributed by atoms with Crippen LogP contribution in [0.15, 0.2) is 36.4 Å². The Balaban J connectivity index is 1.61. The Labute approximate surface area is 167 Å². The molecule has 2 unspecified atom stereocenters. The minimum Gasteiger partial charge on any atom is -0.420 e. The van der Waals surface area contributed by atoms with Crippen LogP contribution in [0.5, 0.6) is 5.75 Å². The van der Waals surface area contributed by atoms with Gasteiger partial charge in [-0.05, 0) is 36.2 Å². The van der Waals surface area contributed by atoms with Gasteiger partial charge >= 0.3 is 5.97 Å². The van der Waals surface area contributed by atoms with Crippen LogP contribution in [0.1, 0.15) is 53.8 Å². The van der Waals surface area contributed by atoms with Gasteiger partial charge in [-0.1, -0.05) is 31.9 Å². The zero-order chi connectivity index (χ0) is 20.8. The van der Waals surface area contributed by atoms with Crippen LogP contribution in [-0.2, 0) is 9.47 Å². The number of esters is 1. The predicted molar refractivity (Wildman–Crippen MR) is 100 cm³/mol. The van der Waals surface area contributed by atoms with E-state index in [2.05, 4.69) is 6.92 Å².